The molecule has 0 bridgehead atoms. The molecule has 1 saturated heterocycles. The molecule has 1 fully saturated rings. The van der Waals surface area contributed by atoms with Gasteiger partial charge in [-0.15, -0.1) is 0 Å². The van der Waals surface area contributed by atoms with Crippen molar-refractivity contribution < 1.29 is 8.81 Å². The fourth-order valence-corrected chi connectivity index (χ4v) is 2.14. The van der Waals surface area contributed by atoms with E-state index in [0.717, 1.165) is 37.3 Å². The summed E-state index contributed by atoms with van der Waals surface area (Å²) in [7, 11) is 0. The average molecular weight is 220 g/mol. The first-order chi connectivity index (χ1) is 7.84. The highest BCUT2D eigenvalue weighted by Crippen LogP contribution is 2.29. The summed E-state index contributed by atoms with van der Waals surface area (Å²) in [6, 6.07) is 4.69. The van der Waals surface area contributed by atoms with Gasteiger partial charge in [-0.1, -0.05) is 0 Å². The molecule has 16 heavy (non-hydrogen) atoms. The Labute approximate surface area is 92.8 Å². The largest absolute Gasteiger partial charge is 0.462 e. The number of hydrogen-bond donors (Lipinski definition) is 1. The van der Waals surface area contributed by atoms with Crippen LogP contribution in [0, 0.1) is 5.82 Å². The number of fused-ring (bicyclic) bond motifs is 1. The Morgan fingerprint density at radius 2 is 2.06 bits per heavy atom. The number of hydrogen-bond acceptors (Lipinski definition) is 3. The Morgan fingerprint density at radius 3 is 2.88 bits per heavy atom. The molecule has 0 aliphatic carbocycles. The molecule has 3 rings (SSSR count). The number of rotatable bonds is 1. The summed E-state index contributed by atoms with van der Waals surface area (Å²) in [5.41, 5.74) is 1.69. The minimum Gasteiger partial charge on any atom is -0.462 e. The molecule has 4 heteroatoms. The van der Waals surface area contributed by atoms with Gasteiger partial charge in [0.25, 0.3) is 0 Å². The van der Waals surface area contributed by atoms with Crippen LogP contribution in [0.15, 0.2) is 28.9 Å². The molecule has 2 aromatic rings. The van der Waals surface area contributed by atoms with E-state index in [1.807, 2.05) is 0 Å². The summed E-state index contributed by atoms with van der Waals surface area (Å²) < 4.78 is 18.4. The lowest BCUT2D eigenvalue weighted by molar-refractivity contribution is 0.576. The number of piperazine rings is 1. The highest BCUT2D eigenvalue weighted by atomic mass is 19.1. The summed E-state index contributed by atoms with van der Waals surface area (Å²) in [4.78, 5) is 2.26. The topological polar surface area (TPSA) is 28.4 Å². The normalized spacial score (nSPS) is 16.9. The van der Waals surface area contributed by atoms with Crippen molar-refractivity contribution in [2.24, 2.45) is 0 Å². The molecule has 1 aromatic heterocycles. The second kappa shape index (κ2) is 3.79. The maximum Gasteiger partial charge on any atom is 0.138 e. The third kappa shape index (κ3) is 1.55. The monoisotopic (exact) mass is 220 g/mol. The molecule has 0 saturated carbocycles. The lowest BCUT2D eigenvalue weighted by atomic mass is 10.2. The van der Waals surface area contributed by atoms with Gasteiger partial charge in [-0.3, -0.25) is 0 Å². The van der Waals surface area contributed by atoms with Crippen molar-refractivity contribution in [3.8, 4) is 0 Å². The first-order valence-electron chi connectivity index (χ1n) is 5.47. The van der Waals surface area contributed by atoms with Crippen molar-refractivity contribution in [2.75, 3.05) is 31.1 Å². The van der Waals surface area contributed by atoms with Gasteiger partial charge in [0.05, 0.1) is 5.69 Å². The molecule has 0 unspecified atom stereocenters. The van der Waals surface area contributed by atoms with Gasteiger partial charge in [0, 0.05) is 37.6 Å². The standard InChI is InChI=1S/C12H13FN2O/c13-9-1-2-10-11(8-16-12(10)7-9)15-5-3-14-4-6-15/h1-2,7-8,14H,3-6H2. The van der Waals surface area contributed by atoms with Crippen LogP contribution in [0.3, 0.4) is 0 Å². The van der Waals surface area contributed by atoms with E-state index in [9.17, 15) is 4.39 Å². The van der Waals surface area contributed by atoms with Crippen molar-refractivity contribution in [3.63, 3.8) is 0 Å². The van der Waals surface area contributed by atoms with Crippen LogP contribution < -0.4 is 10.2 Å². The van der Waals surface area contributed by atoms with E-state index in [4.69, 9.17) is 4.42 Å². The van der Waals surface area contributed by atoms with Crippen LogP contribution in [-0.4, -0.2) is 26.2 Å². The van der Waals surface area contributed by atoms with Gasteiger partial charge in [0.15, 0.2) is 0 Å². The Hall–Kier alpha value is -1.55. The van der Waals surface area contributed by atoms with Gasteiger partial charge in [0.2, 0.25) is 0 Å². The Kier molecular flexibility index (Phi) is 2.29. The van der Waals surface area contributed by atoms with E-state index in [2.05, 4.69) is 10.2 Å². The predicted molar refractivity (Wildman–Crippen MR) is 61.3 cm³/mol. The zero-order valence-corrected chi connectivity index (χ0v) is 8.87. The van der Waals surface area contributed by atoms with E-state index in [-0.39, 0.29) is 5.82 Å². The molecule has 1 aromatic carbocycles. The molecular formula is C12H13FN2O. The van der Waals surface area contributed by atoms with Gasteiger partial charge < -0.3 is 14.6 Å². The van der Waals surface area contributed by atoms with E-state index in [1.165, 1.54) is 12.1 Å². The molecule has 1 aliphatic rings. The number of nitrogens with one attached hydrogen (secondary N) is 1. The molecule has 2 heterocycles. The number of halogens is 1. The third-order valence-corrected chi connectivity index (χ3v) is 2.97. The summed E-state index contributed by atoms with van der Waals surface area (Å²) in [5, 5.41) is 4.29. The first-order valence-corrected chi connectivity index (χ1v) is 5.47. The van der Waals surface area contributed by atoms with Crippen molar-refractivity contribution in [2.45, 2.75) is 0 Å². The summed E-state index contributed by atoms with van der Waals surface area (Å²) in [5.74, 6) is -0.256. The van der Waals surface area contributed by atoms with E-state index >= 15 is 0 Å². The third-order valence-electron chi connectivity index (χ3n) is 2.97. The van der Waals surface area contributed by atoms with Gasteiger partial charge in [0.1, 0.15) is 17.7 Å². The highest BCUT2D eigenvalue weighted by Gasteiger charge is 2.15. The molecular weight excluding hydrogens is 207 g/mol. The van der Waals surface area contributed by atoms with E-state index in [0.29, 0.717) is 5.58 Å². The van der Waals surface area contributed by atoms with Crippen LogP contribution in [0.2, 0.25) is 0 Å². The Morgan fingerprint density at radius 1 is 1.25 bits per heavy atom. The molecule has 3 nitrogen and oxygen atoms in total. The predicted octanol–water partition coefficient (Wildman–Crippen LogP) is 1.98. The highest BCUT2D eigenvalue weighted by molar-refractivity contribution is 5.91. The van der Waals surface area contributed by atoms with Gasteiger partial charge in [-0.05, 0) is 12.1 Å². The minimum absolute atomic E-state index is 0.256. The van der Waals surface area contributed by atoms with Gasteiger partial charge >= 0.3 is 0 Å². The Balaban J connectivity index is 2.03. The molecule has 0 spiro atoms. The smallest absolute Gasteiger partial charge is 0.138 e. The molecule has 0 amide bonds. The molecule has 1 aliphatic heterocycles. The average Bonchev–Trinajstić information content (AvgIpc) is 2.73. The quantitative estimate of drug-likeness (QED) is 0.796. The van der Waals surface area contributed by atoms with Crippen molar-refractivity contribution in [3.05, 3.63) is 30.3 Å². The minimum atomic E-state index is -0.256. The number of benzene rings is 1. The van der Waals surface area contributed by atoms with Gasteiger partial charge in [-0.25, -0.2) is 4.39 Å². The lowest BCUT2D eigenvalue weighted by Gasteiger charge is -2.28. The fraction of sp³-hybridized carbons (Fsp3) is 0.333. The second-order valence-electron chi connectivity index (χ2n) is 4.00. The van der Waals surface area contributed by atoms with Crippen LogP contribution in [-0.2, 0) is 0 Å². The molecule has 1 N–H and O–H groups in total. The summed E-state index contributed by atoms with van der Waals surface area (Å²) in [6.07, 6.45) is 1.72. The van der Waals surface area contributed by atoms with Crippen LogP contribution in [0.25, 0.3) is 11.0 Å². The van der Waals surface area contributed by atoms with Crippen LogP contribution in [0.5, 0.6) is 0 Å². The maximum atomic E-state index is 13.0. The number of anilines is 1. The zero-order chi connectivity index (χ0) is 11.0. The SMILES string of the molecule is Fc1ccc2c(N3CCNCC3)coc2c1. The summed E-state index contributed by atoms with van der Waals surface area (Å²) >= 11 is 0. The van der Waals surface area contributed by atoms with Crippen molar-refractivity contribution in [1.29, 1.82) is 0 Å². The summed E-state index contributed by atoms with van der Waals surface area (Å²) in [6.45, 7) is 3.89. The molecule has 0 atom stereocenters. The van der Waals surface area contributed by atoms with E-state index < -0.39 is 0 Å². The second-order valence-corrected chi connectivity index (χ2v) is 4.00. The molecule has 0 radical (unpaired) electrons. The first kappa shape index (κ1) is 9.66. The van der Waals surface area contributed by atoms with Crippen LogP contribution in [0.1, 0.15) is 0 Å². The zero-order valence-electron chi connectivity index (χ0n) is 8.87. The molecule has 84 valence electrons. The van der Waals surface area contributed by atoms with Crippen LogP contribution in [0.4, 0.5) is 10.1 Å². The number of furan rings is 1. The Bertz CT molecular complexity index is 503. The van der Waals surface area contributed by atoms with E-state index in [1.54, 1.807) is 12.3 Å². The van der Waals surface area contributed by atoms with Gasteiger partial charge in [-0.2, -0.15) is 0 Å². The number of nitrogens with zero attached hydrogens (tertiary/aromatic N) is 1. The van der Waals surface area contributed by atoms with Crippen molar-refractivity contribution in [1.82, 2.24) is 5.32 Å². The fourth-order valence-electron chi connectivity index (χ4n) is 2.14. The van der Waals surface area contributed by atoms with Crippen molar-refractivity contribution >= 4 is 16.7 Å². The maximum absolute atomic E-state index is 13.0. The lowest BCUT2D eigenvalue weighted by Crippen LogP contribution is -2.43. The van der Waals surface area contributed by atoms with Crippen LogP contribution >= 0.6 is 0 Å².